The van der Waals surface area contributed by atoms with Crippen LogP contribution in [0.25, 0.3) is 0 Å². The van der Waals surface area contributed by atoms with E-state index in [1.54, 1.807) is 48.5 Å². The zero-order valence-electron chi connectivity index (χ0n) is 20.3. The molecular weight excluding hydrogens is 494 g/mol. The molecule has 5 rings (SSSR count). The summed E-state index contributed by atoms with van der Waals surface area (Å²) in [6.07, 6.45) is 0.524. The molecule has 2 aliphatic heterocycles. The van der Waals surface area contributed by atoms with Crippen molar-refractivity contribution in [1.29, 1.82) is 0 Å². The van der Waals surface area contributed by atoms with Crippen LogP contribution in [0.15, 0.2) is 78.9 Å². The molecular formula is C29H26F2N2O5. The molecule has 38 heavy (non-hydrogen) atoms. The first kappa shape index (κ1) is 25.5. The Labute approximate surface area is 218 Å². The van der Waals surface area contributed by atoms with Crippen LogP contribution in [-0.4, -0.2) is 52.0 Å². The fourth-order valence-electron chi connectivity index (χ4n) is 5.58. The predicted octanol–water partition coefficient (Wildman–Crippen LogP) is 3.63. The molecule has 3 aromatic rings. The van der Waals surface area contributed by atoms with E-state index in [1.807, 2.05) is 12.1 Å². The number of carbonyl (C=O) groups is 3. The van der Waals surface area contributed by atoms with Crippen LogP contribution in [0.2, 0.25) is 0 Å². The summed E-state index contributed by atoms with van der Waals surface area (Å²) in [5, 5.41) is 13.4. The molecule has 0 aromatic heterocycles. The molecule has 2 bridgehead atoms. The van der Waals surface area contributed by atoms with Gasteiger partial charge >= 0.3 is 11.9 Å². The summed E-state index contributed by atoms with van der Waals surface area (Å²) in [4.78, 5) is 41.5. The lowest BCUT2D eigenvalue weighted by molar-refractivity contribution is -0.169. The summed E-state index contributed by atoms with van der Waals surface area (Å²) in [6.45, 7) is -0.620. The Kier molecular flexibility index (Phi) is 6.94. The van der Waals surface area contributed by atoms with Crippen molar-refractivity contribution in [3.05, 3.63) is 107 Å². The molecule has 3 unspecified atom stereocenters. The highest BCUT2D eigenvalue weighted by atomic mass is 19.1. The molecule has 2 heterocycles. The van der Waals surface area contributed by atoms with E-state index in [2.05, 4.69) is 5.32 Å². The van der Waals surface area contributed by atoms with Gasteiger partial charge in [-0.15, -0.1) is 0 Å². The number of esters is 1. The first-order chi connectivity index (χ1) is 18.3. The van der Waals surface area contributed by atoms with E-state index < -0.39 is 59.1 Å². The number of amides is 1. The Morgan fingerprint density at radius 1 is 0.947 bits per heavy atom. The maximum Gasteiger partial charge on any atom is 0.329 e. The molecule has 2 fully saturated rings. The summed E-state index contributed by atoms with van der Waals surface area (Å²) < 4.78 is 33.5. The number of carboxylic acids is 1. The van der Waals surface area contributed by atoms with Crippen LogP contribution in [-0.2, 0) is 25.7 Å². The molecule has 2 N–H and O–H groups in total. The van der Waals surface area contributed by atoms with E-state index in [0.29, 0.717) is 17.5 Å². The van der Waals surface area contributed by atoms with Gasteiger partial charge in [-0.3, -0.25) is 10.1 Å². The molecule has 7 nitrogen and oxygen atoms in total. The molecule has 0 radical (unpaired) electrons. The number of rotatable bonds is 7. The highest BCUT2D eigenvalue weighted by Gasteiger charge is 2.62. The number of nitrogens with zero attached hydrogens (tertiary/aromatic N) is 1. The van der Waals surface area contributed by atoms with Gasteiger partial charge in [0.2, 0.25) is 5.91 Å². The number of hydrogen-bond acceptors (Lipinski definition) is 5. The van der Waals surface area contributed by atoms with Gasteiger partial charge in [-0.25, -0.2) is 18.4 Å². The molecule has 0 saturated carbocycles. The van der Waals surface area contributed by atoms with Crippen molar-refractivity contribution in [2.75, 3.05) is 6.54 Å². The molecule has 0 aliphatic carbocycles. The van der Waals surface area contributed by atoms with Gasteiger partial charge in [-0.2, -0.15) is 0 Å². The summed E-state index contributed by atoms with van der Waals surface area (Å²) in [5.41, 5.74) is -0.823. The smallest absolute Gasteiger partial charge is 0.329 e. The molecule has 2 saturated heterocycles. The monoisotopic (exact) mass is 520 g/mol. The van der Waals surface area contributed by atoms with Crippen LogP contribution in [0.4, 0.5) is 8.78 Å². The summed E-state index contributed by atoms with van der Waals surface area (Å²) >= 11 is 0. The largest absolute Gasteiger partial charge is 0.480 e. The standard InChI is InChI=1S/C29H26F2N2O5/c30-22-12-7-13-23(31)21(22)17-38-28(37)29-15-14-20(32-29)16-33(25(29)27(35)36)26(34)24(18-8-3-1-4-9-18)19-10-5-2-6-11-19/h1-13,20,24-25,32H,14-17H2,(H,35,36). The zero-order chi connectivity index (χ0) is 26.9. The number of hydrogen-bond donors (Lipinski definition) is 2. The topological polar surface area (TPSA) is 95.9 Å². The van der Waals surface area contributed by atoms with Crippen molar-refractivity contribution in [2.24, 2.45) is 0 Å². The number of carboxylic acid groups (broad SMARTS) is 1. The van der Waals surface area contributed by atoms with Crippen molar-refractivity contribution >= 4 is 17.8 Å². The minimum atomic E-state index is -1.76. The Balaban J connectivity index is 1.49. The number of aliphatic carboxylic acids is 1. The predicted molar refractivity (Wildman–Crippen MR) is 133 cm³/mol. The van der Waals surface area contributed by atoms with Gasteiger partial charge in [0, 0.05) is 12.6 Å². The fraction of sp³-hybridized carbons (Fsp3) is 0.276. The van der Waals surface area contributed by atoms with E-state index in [0.717, 1.165) is 12.1 Å². The third-order valence-electron chi connectivity index (χ3n) is 7.35. The Morgan fingerprint density at radius 2 is 1.53 bits per heavy atom. The van der Waals surface area contributed by atoms with Gasteiger partial charge in [-0.1, -0.05) is 66.7 Å². The highest BCUT2D eigenvalue weighted by Crippen LogP contribution is 2.39. The number of halogens is 2. The zero-order valence-corrected chi connectivity index (χ0v) is 20.3. The van der Waals surface area contributed by atoms with Crippen molar-refractivity contribution in [3.63, 3.8) is 0 Å². The maximum absolute atomic E-state index is 14.1. The van der Waals surface area contributed by atoms with Crippen molar-refractivity contribution < 1.29 is 33.0 Å². The third kappa shape index (κ3) is 4.54. The van der Waals surface area contributed by atoms with Crippen LogP contribution in [0.3, 0.4) is 0 Å². The van der Waals surface area contributed by atoms with E-state index in [1.165, 1.54) is 11.0 Å². The molecule has 196 valence electrons. The Bertz CT molecular complexity index is 1290. The average Bonchev–Trinajstić information content (AvgIpc) is 3.26. The van der Waals surface area contributed by atoms with E-state index in [9.17, 15) is 28.3 Å². The second-order valence-electron chi connectivity index (χ2n) is 9.61. The van der Waals surface area contributed by atoms with Crippen LogP contribution >= 0.6 is 0 Å². The Hall–Kier alpha value is -4.11. The maximum atomic E-state index is 14.1. The number of benzene rings is 3. The lowest BCUT2D eigenvalue weighted by Crippen LogP contribution is -2.73. The van der Waals surface area contributed by atoms with Crippen LogP contribution in [0.5, 0.6) is 0 Å². The SMILES string of the molecule is O=C(O)C1N(C(=O)C(c2ccccc2)c2ccccc2)CC2CCC1(C(=O)OCc1c(F)cccc1F)N2. The molecule has 0 spiro atoms. The second-order valence-corrected chi connectivity index (χ2v) is 9.61. The third-order valence-corrected chi connectivity index (χ3v) is 7.35. The average molecular weight is 521 g/mol. The fourth-order valence-corrected chi connectivity index (χ4v) is 5.58. The van der Waals surface area contributed by atoms with Crippen molar-refractivity contribution in [1.82, 2.24) is 10.2 Å². The van der Waals surface area contributed by atoms with Crippen LogP contribution < -0.4 is 5.32 Å². The van der Waals surface area contributed by atoms with Gasteiger partial charge in [0.05, 0.1) is 11.5 Å². The molecule has 9 heteroatoms. The second kappa shape index (κ2) is 10.3. The number of likely N-dealkylation sites (tertiary alicyclic amines) is 1. The summed E-state index contributed by atoms with van der Waals surface area (Å²) in [6, 6.07) is 19.4. The number of piperazine rings is 1. The molecule has 3 aromatic carbocycles. The van der Waals surface area contributed by atoms with E-state index >= 15 is 0 Å². The van der Waals surface area contributed by atoms with Crippen molar-refractivity contribution in [3.8, 4) is 0 Å². The van der Waals surface area contributed by atoms with Gasteiger partial charge in [0.1, 0.15) is 23.8 Å². The Morgan fingerprint density at radius 3 is 2.08 bits per heavy atom. The summed E-state index contributed by atoms with van der Waals surface area (Å²) in [5.74, 6) is -5.35. The highest BCUT2D eigenvalue weighted by molar-refractivity contribution is 5.97. The lowest BCUT2D eigenvalue weighted by atomic mass is 9.84. The number of carbonyl (C=O) groups excluding carboxylic acids is 2. The van der Waals surface area contributed by atoms with Gasteiger partial charge < -0.3 is 14.7 Å². The number of fused-ring (bicyclic) bond motifs is 2. The first-order valence-electron chi connectivity index (χ1n) is 12.3. The van der Waals surface area contributed by atoms with Gasteiger partial charge in [0.15, 0.2) is 6.04 Å². The van der Waals surface area contributed by atoms with Crippen LogP contribution in [0.1, 0.15) is 35.4 Å². The van der Waals surface area contributed by atoms with Crippen LogP contribution in [0, 0.1) is 11.6 Å². The number of nitrogens with one attached hydrogen (secondary N) is 1. The molecule has 3 atom stereocenters. The molecule has 2 aliphatic rings. The number of ether oxygens (including phenoxy) is 1. The summed E-state index contributed by atoms with van der Waals surface area (Å²) in [7, 11) is 0. The van der Waals surface area contributed by atoms with E-state index in [4.69, 9.17) is 4.74 Å². The first-order valence-corrected chi connectivity index (χ1v) is 12.3. The van der Waals surface area contributed by atoms with Crippen molar-refractivity contribution in [2.45, 2.75) is 43.0 Å². The molecule has 1 amide bonds. The quantitative estimate of drug-likeness (QED) is 0.462. The minimum absolute atomic E-state index is 0.0862. The van der Waals surface area contributed by atoms with Gasteiger partial charge in [-0.05, 0) is 36.1 Å². The van der Waals surface area contributed by atoms with Gasteiger partial charge in [0.25, 0.3) is 0 Å². The minimum Gasteiger partial charge on any atom is -0.480 e. The normalized spacial score (nSPS) is 22.3. The lowest BCUT2D eigenvalue weighted by Gasteiger charge is -2.45. The van der Waals surface area contributed by atoms with E-state index in [-0.39, 0.29) is 19.0 Å².